The maximum Gasteiger partial charge on any atom is 0.407 e. The van der Waals surface area contributed by atoms with Gasteiger partial charge in [0.25, 0.3) is 17.7 Å². The van der Waals surface area contributed by atoms with Gasteiger partial charge in [0.15, 0.2) is 6.61 Å². The third-order valence-corrected chi connectivity index (χ3v) is 18.2. The van der Waals surface area contributed by atoms with E-state index in [9.17, 15) is 38.0 Å². The average Bonchev–Trinajstić information content (AvgIpc) is 1.19. The molecule has 0 spiro atoms. The summed E-state index contributed by atoms with van der Waals surface area (Å²) in [6.07, 6.45) is 7.23. The number of halogens is 2. The van der Waals surface area contributed by atoms with E-state index in [0.717, 1.165) is 57.5 Å². The van der Waals surface area contributed by atoms with Gasteiger partial charge in [-0.25, -0.2) is 18.6 Å². The number of unbranched alkanes of at least 4 members (excludes halogenated alkanes) is 1. The number of benzene rings is 2. The molecule has 0 saturated carbocycles. The number of nitrogens with zero attached hydrogens (tertiary/aromatic N) is 6. The van der Waals surface area contributed by atoms with Crippen LogP contribution in [0.4, 0.5) is 19.3 Å². The van der Waals surface area contributed by atoms with E-state index in [2.05, 4.69) is 48.1 Å². The molecule has 1 saturated heterocycles. The lowest BCUT2D eigenvalue weighted by atomic mass is 9.98. The van der Waals surface area contributed by atoms with Gasteiger partial charge in [0, 0.05) is 84.3 Å². The van der Waals surface area contributed by atoms with Crippen LogP contribution in [0.1, 0.15) is 42.2 Å². The Labute approximate surface area is 640 Å². The molecule has 1 fully saturated rings. The number of ether oxygens (including phenoxy) is 15. The highest BCUT2D eigenvalue weighted by Gasteiger charge is 2.47. The number of likely N-dealkylation sites (tertiary alicyclic amines) is 1. The van der Waals surface area contributed by atoms with E-state index < -0.39 is 73.8 Å². The zero-order valence-corrected chi connectivity index (χ0v) is 63.2. The van der Waals surface area contributed by atoms with E-state index in [4.69, 9.17) is 76.8 Å². The molecule has 5 amide bonds. The highest BCUT2D eigenvalue weighted by Crippen LogP contribution is 2.34. The van der Waals surface area contributed by atoms with Gasteiger partial charge in [0.2, 0.25) is 17.7 Å². The zero-order valence-electron chi connectivity index (χ0n) is 61.6. The van der Waals surface area contributed by atoms with E-state index in [1.165, 1.54) is 53.1 Å². The molecule has 31 nitrogen and oxygen atoms in total. The molecule has 1 unspecified atom stereocenters. The van der Waals surface area contributed by atoms with Gasteiger partial charge in [-0.05, 0) is 72.1 Å². The monoisotopic (exact) mass is 1560 g/mol. The number of hydrogen-bond donors (Lipinski definition) is 5. The first-order valence-electron chi connectivity index (χ1n) is 35.9. The first-order valence-corrected chi connectivity index (χ1v) is 38.4. The van der Waals surface area contributed by atoms with Gasteiger partial charge in [-0.3, -0.25) is 34.1 Å². The highest BCUT2D eigenvalue weighted by molar-refractivity contribution is 8.76. The molecule has 6 N–H and O–H groups in total. The van der Waals surface area contributed by atoms with E-state index in [0.29, 0.717) is 161 Å². The molecule has 7 rings (SSSR count). The predicted molar refractivity (Wildman–Crippen MR) is 402 cm³/mol. The number of anilines is 1. The van der Waals surface area contributed by atoms with Crippen molar-refractivity contribution in [2.45, 2.75) is 50.8 Å². The van der Waals surface area contributed by atoms with Crippen LogP contribution in [-0.2, 0) is 82.6 Å². The van der Waals surface area contributed by atoms with Gasteiger partial charge in [0.1, 0.15) is 24.4 Å². The summed E-state index contributed by atoms with van der Waals surface area (Å²) in [5.41, 5.74) is 11.7. The highest BCUT2D eigenvalue weighted by atomic mass is 33.1. The SMILES string of the molecule is CCCCOCCOCCOCCOCCOCCOCCOCCOCCOCCOCCOCCOCCNC(=O)C(CSSCCNC(=O)OCc1ccc(-c2ccnc3ccc(-c4cnc(OC)c(N)c4)cc23)cn1)NC(=O)COc1ccc2nccc(C(=O)NCC(=O)N3CC(F)(F)C[C@H]3C#N)c2c1. The lowest BCUT2D eigenvalue weighted by molar-refractivity contribution is -0.131. The molecule has 0 bridgehead atoms. The van der Waals surface area contributed by atoms with Crippen molar-refractivity contribution in [3.8, 4) is 40.0 Å². The van der Waals surface area contributed by atoms with Gasteiger partial charge in [-0.2, -0.15) is 5.26 Å². The molecule has 6 aromatic rings. The topological polar surface area (TPSA) is 377 Å². The predicted octanol–water partition coefficient (Wildman–Crippen LogP) is 6.27. The van der Waals surface area contributed by atoms with Crippen LogP contribution in [0.2, 0.25) is 0 Å². The molecule has 2 atom stereocenters. The molecule has 0 aliphatic carbocycles. The Morgan fingerprint density at radius 3 is 1.72 bits per heavy atom. The number of fused-ring (bicyclic) bond motifs is 2. The minimum absolute atomic E-state index is 0.0713. The molecular weight excluding hydrogens is 1470 g/mol. The maximum atomic E-state index is 14.0. The smallest absolute Gasteiger partial charge is 0.407 e. The number of amides is 5. The van der Waals surface area contributed by atoms with Crippen LogP contribution in [0.5, 0.6) is 11.6 Å². The van der Waals surface area contributed by atoms with Gasteiger partial charge < -0.3 is 103 Å². The van der Waals surface area contributed by atoms with Crippen LogP contribution >= 0.6 is 21.6 Å². The summed E-state index contributed by atoms with van der Waals surface area (Å²) in [6, 6.07) is 18.5. The number of nitrogens with one attached hydrogen (secondary N) is 4. The summed E-state index contributed by atoms with van der Waals surface area (Å²) >= 11 is 0. The lowest BCUT2D eigenvalue weighted by Crippen LogP contribution is -2.50. The van der Waals surface area contributed by atoms with Gasteiger partial charge in [0.05, 0.1) is 206 Å². The van der Waals surface area contributed by atoms with Gasteiger partial charge in [-0.15, -0.1) is 0 Å². The zero-order chi connectivity index (χ0) is 77.4. The van der Waals surface area contributed by atoms with Crippen molar-refractivity contribution < 1.29 is 104 Å². The van der Waals surface area contributed by atoms with Gasteiger partial charge in [-0.1, -0.05) is 47.1 Å². The summed E-state index contributed by atoms with van der Waals surface area (Å²) in [5, 5.41) is 21.2. The Bertz CT molecular complexity index is 3730. The van der Waals surface area contributed by atoms with Crippen molar-refractivity contribution in [2.24, 2.45) is 0 Å². The fourth-order valence-electron chi connectivity index (χ4n) is 10.3. The number of methoxy groups -OCH3 is 1. The molecule has 109 heavy (non-hydrogen) atoms. The van der Waals surface area contributed by atoms with Crippen LogP contribution in [-0.4, -0.2) is 283 Å². The molecule has 0 radical (unpaired) electrons. The summed E-state index contributed by atoms with van der Waals surface area (Å²) in [7, 11) is 4.14. The number of alkyl carbamates (subject to hydrolysis) is 1. The molecule has 1 aliphatic heterocycles. The summed E-state index contributed by atoms with van der Waals surface area (Å²) in [4.78, 5) is 84.5. The number of aromatic nitrogens is 4. The van der Waals surface area contributed by atoms with Crippen LogP contribution < -0.4 is 36.5 Å². The second kappa shape index (κ2) is 52.0. The molecule has 596 valence electrons. The number of hydrogen-bond acceptors (Lipinski definition) is 28. The second-order valence-corrected chi connectivity index (χ2v) is 26.5. The van der Waals surface area contributed by atoms with E-state index in [-0.39, 0.29) is 62.0 Å². The number of carbonyl (C=O) groups is 5. The van der Waals surface area contributed by atoms with Gasteiger partial charge >= 0.3 is 6.09 Å². The molecule has 5 heterocycles. The molecule has 2 aromatic carbocycles. The lowest BCUT2D eigenvalue weighted by Gasteiger charge is -2.19. The van der Waals surface area contributed by atoms with Crippen molar-refractivity contribution in [2.75, 3.05) is 216 Å². The number of carbonyl (C=O) groups excluding carboxylic acids is 5. The number of nitriles is 1. The minimum Gasteiger partial charge on any atom is -0.484 e. The molecule has 4 aromatic heterocycles. The standard InChI is InChI=1S/C74H99F2N11O20S2/c1-3-4-17-94-19-21-96-23-25-98-27-29-100-31-33-102-35-37-104-39-40-105-38-36-103-34-32-101-30-28-99-26-24-97-22-20-95-18-15-81-71(91)67(86-68(88)51-106-59-8-10-66-63(44-59)61(12-14-80-66)70(90)84-49-69(89)87-53-74(75,76)45-58(87)46-77)52-109-108-41-16-82-73(92)107-50-57-7-5-55(47-83-57)60-11-13-79-65-9-6-54(42-62(60)65)56-43-64(78)72(93-2)85-48-56/h5-14,42-44,47-48,58,67H,3-4,15-41,45,49-53,78H2,1-2H3,(H,81,91)(H,82,92)(H,84,90)(H,86,88)/t58-,67?/m0/s1. The van der Waals surface area contributed by atoms with E-state index in [1.54, 1.807) is 42.9 Å². The Morgan fingerprint density at radius 1 is 0.615 bits per heavy atom. The Balaban J connectivity index is 0.736. The van der Waals surface area contributed by atoms with Crippen LogP contribution in [0.3, 0.4) is 0 Å². The third kappa shape index (κ3) is 33.8. The summed E-state index contributed by atoms with van der Waals surface area (Å²) in [6.45, 7) is 10.8. The van der Waals surface area contributed by atoms with E-state index in [1.807, 2.05) is 30.3 Å². The Hall–Kier alpha value is -8.32. The Morgan fingerprint density at radius 2 is 1.17 bits per heavy atom. The quantitative estimate of drug-likeness (QED) is 0.0207. The first kappa shape index (κ1) is 87.9. The minimum atomic E-state index is -3.23. The normalized spacial score (nSPS) is 13.5. The van der Waals surface area contributed by atoms with Crippen LogP contribution in [0.25, 0.3) is 44.1 Å². The fourth-order valence-corrected chi connectivity index (χ4v) is 12.3. The number of nitrogen functional groups attached to an aromatic ring is 1. The first-order chi connectivity index (χ1) is 53.2. The van der Waals surface area contributed by atoms with Crippen LogP contribution in [0.15, 0.2) is 91.5 Å². The van der Waals surface area contributed by atoms with Crippen molar-refractivity contribution in [3.05, 3.63) is 103 Å². The number of nitrogens with two attached hydrogens (primary N) is 1. The van der Waals surface area contributed by atoms with E-state index >= 15 is 0 Å². The maximum absolute atomic E-state index is 14.0. The Kier molecular flexibility index (Phi) is 41.9. The fraction of sp³-hybridized carbons (Fsp3) is 0.541. The summed E-state index contributed by atoms with van der Waals surface area (Å²) < 4.78 is 111. The molecule has 35 heteroatoms. The largest absolute Gasteiger partial charge is 0.484 e. The number of rotatable bonds is 58. The average molecular weight is 1560 g/mol. The number of alkyl halides is 2. The molecule has 1 aliphatic rings. The third-order valence-electron chi connectivity index (χ3n) is 15.8. The van der Waals surface area contributed by atoms with Crippen molar-refractivity contribution in [3.63, 3.8) is 0 Å². The van der Waals surface area contributed by atoms with Crippen LogP contribution in [0, 0.1) is 11.3 Å². The second-order valence-electron chi connectivity index (χ2n) is 23.9. The molecular formula is C74H99F2N11O20S2. The van der Waals surface area contributed by atoms with Crippen molar-refractivity contribution in [1.29, 1.82) is 5.26 Å². The summed E-state index contributed by atoms with van der Waals surface area (Å²) in [5.74, 6) is -4.94. The van der Waals surface area contributed by atoms with Crippen molar-refractivity contribution in [1.82, 2.24) is 46.1 Å². The van der Waals surface area contributed by atoms with Crippen molar-refractivity contribution >= 4 is 78.8 Å². The number of pyridine rings is 4.